The lowest BCUT2D eigenvalue weighted by atomic mass is 9.69. The molecule has 0 aromatic carbocycles. The van der Waals surface area contributed by atoms with Crippen molar-refractivity contribution in [3.8, 4) is 11.3 Å². The summed E-state index contributed by atoms with van der Waals surface area (Å²) in [5, 5.41) is 6.13. The number of pyridine rings is 1. The van der Waals surface area contributed by atoms with E-state index in [1.54, 1.807) is 12.3 Å². The highest BCUT2D eigenvalue weighted by Crippen LogP contribution is 2.50. The van der Waals surface area contributed by atoms with Gasteiger partial charge in [-0.1, -0.05) is 0 Å². The molecule has 0 atom stereocenters. The van der Waals surface area contributed by atoms with Crippen molar-refractivity contribution in [2.75, 3.05) is 17.2 Å². The molecule has 158 valence electrons. The number of carbonyl (C=O) groups excluding carboxylic acids is 1. The zero-order valence-corrected chi connectivity index (χ0v) is 17.6. The maximum absolute atomic E-state index is 11.5. The van der Waals surface area contributed by atoms with E-state index in [9.17, 15) is 4.79 Å². The van der Waals surface area contributed by atoms with Crippen LogP contribution < -0.4 is 10.6 Å². The van der Waals surface area contributed by atoms with Crippen LogP contribution in [0.3, 0.4) is 0 Å². The third kappa shape index (κ3) is 3.72. The number of carbonyl (C=O) groups is 1. The Hall–Kier alpha value is -3.46. The molecule has 31 heavy (non-hydrogen) atoms. The highest BCUT2D eigenvalue weighted by Gasteiger charge is 2.55. The normalized spacial score (nSPS) is 21.5. The molecule has 1 aliphatic carbocycles. The van der Waals surface area contributed by atoms with E-state index in [0.717, 1.165) is 47.0 Å². The lowest BCUT2D eigenvalue weighted by molar-refractivity contribution is -0.114. The zero-order chi connectivity index (χ0) is 21.6. The first-order chi connectivity index (χ1) is 14.9. The maximum atomic E-state index is 11.5. The van der Waals surface area contributed by atoms with Crippen molar-refractivity contribution < 1.29 is 9.53 Å². The molecule has 9 heteroatoms. The Balaban J connectivity index is 1.54. The van der Waals surface area contributed by atoms with Crippen LogP contribution in [0.2, 0.25) is 0 Å². The first-order valence-electron chi connectivity index (χ1n) is 10.2. The summed E-state index contributed by atoms with van der Waals surface area (Å²) < 4.78 is 5.76. The highest BCUT2D eigenvalue weighted by atomic mass is 16.5. The van der Waals surface area contributed by atoms with E-state index >= 15 is 0 Å². The van der Waals surface area contributed by atoms with Gasteiger partial charge in [0.1, 0.15) is 23.8 Å². The summed E-state index contributed by atoms with van der Waals surface area (Å²) in [5.74, 6) is 1.75. The molecule has 2 saturated heterocycles. The number of anilines is 3. The average molecular weight is 417 g/mol. The number of fused-ring (bicyclic) bond motifs is 1. The van der Waals surface area contributed by atoms with Crippen molar-refractivity contribution in [2.24, 2.45) is 0 Å². The van der Waals surface area contributed by atoms with Gasteiger partial charge in [-0.15, -0.1) is 0 Å². The first-order valence-corrected chi connectivity index (χ1v) is 10.2. The molecule has 0 unspecified atom stereocenters. The van der Waals surface area contributed by atoms with E-state index < -0.39 is 0 Å². The lowest BCUT2D eigenvalue weighted by Crippen LogP contribution is -2.39. The fourth-order valence-corrected chi connectivity index (χ4v) is 4.19. The molecular formula is C22H23N7O2. The highest BCUT2D eigenvalue weighted by molar-refractivity contribution is 5.89. The Bertz CT molecular complexity index is 1170. The minimum Gasteiger partial charge on any atom is -0.377 e. The molecule has 5 heterocycles. The van der Waals surface area contributed by atoms with Gasteiger partial charge in [-0.2, -0.15) is 0 Å². The van der Waals surface area contributed by atoms with E-state index in [-0.39, 0.29) is 11.3 Å². The van der Waals surface area contributed by atoms with Crippen LogP contribution in [0.4, 0.5) is 17.3 Å². The summed E-state index contributed by atoms with van der Waals surface area (Å²) in [6.07, 6.45) is 5.50. The number of nitrogens with zero attached hydrogens (tertiary/aromatic N) is 5. The summed E-state index contributed by atoms with van der Waals surface area (Å²) in [5.41, 5.74) is 3.90. The summed E-state index contributed by atoms with van der Waals surface area (Å²) >= 11 is 0. The van der Waals surface area contributed by atoms with Gasteiger partial charge in [0.25, 0.3) is 0 Å². The molecule has 1 amide bonds. The molecule has 9 nitrogen and oxygen atoms in total. The molecule has 0 radical (unpaired) electrons. The van der Waals surface area contributed by atoms with Gasteiger partial charge < -0.3 is 15.4 Å². The minimum absolute atomic E-state index is 0.0701. The molecule has 3 aromatic rings. The third-order valence-corrected chi connectivity index (χ3v) is 5.71. The maximum Gasteiger partial charge on any atom is 0.222 e. The number of hydrogen-bond donors (Lipinski definition) is 2. The predicted octanol–water partition coefficient (Wildman–Crippen LogP) is 3.08. The van der Waals surface area contributed by atoms with Crippen LogP contribution in [-0.4, -0.2) is 43.5 Å². The molecule has 6 rings (SSSR count). The van der Waals surface area contributed by atoms with Crippen molar-refractivity contribution in [3.05, 3.63) is 47.9 Å². The average Bonchev–Trinajstić information content (AvgIpc) is 3.29. The third-order valence-electron chi connectivity index (χ3n) is 5.71. The second-order valence-corrected chi connectivity index (χ2v) is 8.31. The lowest BCUT2D eigenvalue weighted by Gasteiger charge is -2.33. The van der Waals surface area contributed by atoms with Gasteiger partial charge in [0.05, 0.1) is 29.5 Å². The minimum atomic E-state index is -0.191. The van der Waals surface area contributed by atoms with Gasteiger partial charge in [0.15, 0.2) is 0 Å². The van der Waals surface area contributed by atoms with Crippen LogP contribution in [0.15, 0.2) is 30.7 Å². The summed E-state index contributed by atoms with van der Waals surface area (Å²) in [7, 11) is 0. The number of ether oxygens (including phenoxy) is 1. The van der Waals surface area contributed by atoms with E-state index in [4.69, 9.17) is 14.7 Å². The van der Waals surface area contributed by atoms with E-state index in [1.807, 2.05) is 26.0 Å². The number of rotatable bonds is 5. The molecule has 3 aromatic heterocycles. The Morgan fingerprint density at radius 2 is 1.90 bits per heavy atom. The van der Waals surface area contributed by atoms with E-state index in [2.05, 4.69) is 25.6 Å². The molecule has 0 spiro atoms. The number of hydrogen-bond acceptors (Lipinski definition) is 8. The Morgan fingerprint density at radius 3 is 2.61 bits per heavy atom. The van der Waals surface area contributed by atoms with Crippen molar-refractivity contribution in [2.45, 2.75) is 45.1 Å². The first kappa shape index (κ1) is 19.5. The predicted molar refractivity (Wildman–Crippen MR) is 115 cm³/mol. The van der Waals surface area contributed by atoms with Crippen molar-refractivity contribution in [3.63, 3.8) is 0 Å². The molecule has 1 saturated carbocycles. The van der Waals surface area contributed by atoms with Crippen LogP contribution in [0.25, 0.3) is 11.3 Å². The largest absolute Gasteiger partial charge is 0.377 e. The summed E-state index contributed by atoms with van der Waals surface area (Å²) in [4.78, 5) is 34.0. The fraction of sp³-hybridized carbons (Fsp3) is 0.364. The van der Waals surface area contributed by atoms with Crippen molar-refractivity contribution >= 4 is 23.2 Å². The second kappa shape index (κ2) is 7.35. The number of amides is 1. The van der Waals surface area contributed by atoms with E-state index in [0.29, 0.717) is 24.3 Å². The summed E-state index contributed by atoms with van der Waals surface area (Å²) in [6, 6.07) is 5.57. The Morgan fingerprint density at radius 1 is 1.06 bits per heavy atom. The SMILES string of the molecule is CC(=O)Nc1cc(Nc2cc(C)nc(C34COC(C3)C4)n2)c(-c2cc(C)ncn2)cn1. The van der Waals surface area contributed by atoms with Crippen molar-refractivity contribution in [1.29, 1.82) is 0 Å². The second-order valence-electron chi connectivity index (χ2n) is 8.31. The Labute approximate surface area is 179 Å². The molecular weight excluding hydrogens is 394 g/mol. The zero-order valence-electron chi connectivity index (χ0n) is 17.6. The molecule has 2 bridgehead atoms. The number of aromatic nitrogens is 5. The molecule has 3 aliphatic rings. The monoisotopic (exact) mass is 417 g/mol. The molecule has 2 aliphatic heterocycles. The van der Waals surface area contributed by atoms with Gasteiger partial charge in [-0.3, -0.25) is 4.79 Å². The van der Waals surface area contributed by atoms with Gasteiger partial charge >= 0.3 is 0 Å². The van der Waals surface area contributed by atoms with Crippen LogP contribution >= 0.6 is 0 Å². The fourth-order valence-electron chi connectivity index (χ4n) is 4.19. The molecule has 2 N–H and O–H groups in total. The molecule has 3 fully saturated rings. The number of nitrogens with one attached hydrogen (secondary N) is 2. The van der Waals surface area contributed by atoms with Gasteiger partial charge in [-0.05, 0) is 32.8 Å². The number of aryl methyl sites for hydroxylation is 2. The van der Waals surface area contributed by atoms with Crippen molar-refractivity contribution in [1.82, 2.24) is 24.9 Å². The Kier molecular flexibility index (Phi) is 4.62. The van der Waals surface area contributed by atoms with Gasteiger partial charge in [0, 0.05) is 42.2 Å². The standard InChI is InChI=1S/C22H23N7O2/c1-12-4-17(25-11-24-12)16-9-23-19(27-14(3)30)6-18(16)28-20-5-13(2)26-21(29-20)22-7-15(8-22)31-10-22/h4-6,9,11,15H,7-8,10H2,1-3H3,(H2,23,26,27,28,29,30). The van der Waals surface area contributed by atoms with Gasteiger partial charge in [0.2, 0.25) is 5.91 Å². The smallest absolute Gasteiger partial charge is 0.222 e. The topological polar surface area (TPSA) is 115 Å². The van der Waals surface area contributed by atoms with Gasteiger partial charge in [-0.25, -0.2) is 24.9 Å². The van der Waals surface area contributed by atoms with Crippen LogP contribution in [0.1, 0.15) is 37.0 Å². The van der Waals surface area contributed by atoms with Crippen LogP contribution in [0, 0.1) is 13.8 Å². The van der Waals surface area contributed by atoms with Crippen LogP contribution in [0.5, 0.6) is 0 Å². The quantitative estimate of drug-likeness (QED) is 0.651. The van der Waals surface area contributed by atoms with Crippen LogP contribution in [-0.2, 0) is 14.9 Å². The summed E-state index contributed by atoms with van der Waals surface area (Å²) in [6.45, 7) is 5.99. The van der Waals surface area contributed by atoms with E-state index in [1.165, 1.54) is 13.3 Å².